The Kier molecular flexibility index (Phi) is 10.7. The molecule has 0 fully saturated rings. The lowest BCUT2D eigenvalue weighted by molar-refractivity contribution is -0.118. The average Bonchev–Trinajstić information content (AvgIpc) is 3.47. The van der Waals surface area contributed by atoms with Gasteiger partial charge in [-0.2, -0.15) is 5.10 Å². The summed E-state index contributed by atoms with van der Waals surface area (Å²) in [6, 6.07) is 24.8. The van der Waals surface area contributed by atoms with Crippen molar-refractivity contribution in [2.45, 2.75) is 0 Å². The van der Waals surface area contributed by atoms with E-state index in [0.29, 0.717) is 41.6 Å². The number of thiazole rings is 1. The van der Waals surface area contributed by atoms with Crippen LogP contribution in [0.5, 0.6) is 5.75 Å². The predicted octanol–water partition coefficient (Wildman–Crippen LogP) is 9.17. The van der Waals surface area contributed by atoms with Gasteiger partial charge < -0.3 is 15.4 Å². The van der Waals surface area contributed by atoms with Crippen molar-refractivity contribution < 1.29 is 14.3 Å². The molecule has 4 aromatic carbocycles. The van der Waals surface area contributed by atoms with Crippen LogP contribution in [0.3, 0.4) is 0 Å². The van der Waals surface area contributed by atoms with E-state index in [1.54, 1.807) is 48.5 Å². The fourth-order valence-corrected chi connectivity index (χ4v) is 6.25. The molecule has 0 saturated carbocycles. The number of halogens is 4. The van der Waals surface area contributed by atoms with Crippen molar-refractivity contribution in [3.8, 4) is 17.0 Å². The number of anilines is 3. The zero-order chi connectivity index (χ0) is 31.1. The van der Waals surface area contributed by atoms with Crippen LogP contribution in [0.2, 0.25) is 10.0 Å². The Morgan fingerprint density at radius 3 is 2.14 bits per heavy atom. The van der Waals surface area contributed by atoms with E-state index < -0.39 is 0 Å². The van der Waals surface area contributed by atoms with Crippen molar-refractivity contribution in [1.82, 2.24) is 10.4 Å². The molecule has 3 N–H and O–H groups in total. The third-order valence-corrected chi connectivity index (χ3v) is 8.36. The van der Waals surface area contributed by atoms with Crippen LogP contribution in [0.25, 0.3) is 11.3 Å². The van der Waals surface area contributed by atoms with Gasteiger partial charge in [-0.15, -0.1) is 11.3 Å². The van der Waals surface area contributed by atoms with Crippen molar-refractivity contribution in [2.24, 2.45) is 5.10 Å². The zero-order valence-electron chi connectivity index (χ0n) is 22.5. The standard InChI is InChI=1S/C31H21Br2Cl2N5O3S/c32-25-13-18(14-26(33)29(25)43-16-28(41)37-23-9-5-21(34)6-10-23)15-36-40-30(42)20-3-1-19(2-4-20)27-17-44-31(39-27)38-24-11-7-22(35)8-12-24/h1-15,17H,16H2,(H,37,41)(H,38,39)(H,40,42)/b36-15-. The molecule has 5 aromatic rings. The predicted molar refractivity (Wildman–Crippen MR) is 185 cm³/mol. The highest BCUT2D eigenvalue weighted by atomic mass is 79.9. The molecule has 1 aromatic heterocycles. The molecule has 2 amide bonds. The van der Waals surface area contributed by atoms with Crippen molar-refractivity contribution in [3.05, 3.63) is 120 Å². The number of benzene rings is 4. The number of nitrogens with one attached hydrogen (secondary N) is 3. The maximum Gasteiger partial charge on any atom is 0.271 e. The van der Waals surface area contributed by atoms with Crippen molar-refractivity contribution in [2.75, 3.05) is 17.2 Å². The second-order valence-electron chi connectivity index (χ2n) is 9.10. The SMILES string of the molecule is O=C(COc1c(Br)cc(/C=N\NC(=O)c2ccc(-c3csc(Nc4ccc(Cl)cc4)n3)cc2)cc1Br)Nc1ccc(Cl)cc1. The molecule has 44 heavy (non-hydrogen) atoms. The summed E-state index contributed by atoms with van der Waals surface area (Å²) in [5.41, 5.74) is 6.85. The first kappa shape index (κ1) is 31.7. The first-order valence-electron chi connectivity index (χ1n) is 12.8. The highest BCUT2D eigenvalue weighted by Crippen LogP contribution is 2.34. The molecule has 0 unspecified atom stereocenters. The summed E-state index contributed by atoms with van der Waals surface area (Å²) in [4.78, 5) is 29.6. The molecule has 0 aliphatic heterocycles. The molecule has 1 heterocycles. The molecular formula is C31H21Br2Cl2N5O3S. The minimum absolute atomic E-state index is 0.202. The van der Waals surface area contributed by atoms with E-state index >= 15 is 0 Å². The number of hydrazone groups is 1. The number of hydrogen-bond acceptors (Lipinski definition) is 7. The lowest BCUT2D eigenvalue weighted by atomic mass is 10.1. The van der Waals surface area contributed by atoms with Gasteiger partial charge in [-0.3, -0.25) is 9.59 Å². The van der Waals surface area contributed by atoms with Crippen LogP contribution >= 0.6 is 66.4 Å². The summed E-state index contributed by atoms with van der Waals surface area (Å²) in [6.07, 6.45) is 1.50. The minimum atomic E-state index is -0.360. The van der Waals surface area contributed by atoms with E-state index in [4.69, 9.17) is 27.9 Å². The van der Waals surface area contributed by atoms with E-state index in [1.807, 2.05) is 41.8 Å². The second kappa shape index (κ2) is 14.8. The lowest BCUT2D eigenvalue weighted by Gasteiger charge is -2.11. The molecule has 0 aliphatic rings. The molecule has 0 bridgehead atoms. The normalized spacial score (nSPS) is 10.9. The summed E-state index contributed by atoms with van der Waals surface area (Å²) in [5, 5.41) is 14.0. The Morgan fingerprint density at radius 1 is 0.886 bits per heavy atom. The molecule has 0 aliphatic carbocycles. The maximum absolute atomic E-state index is 12.7. The summed E-state index contributed by atoms with van der Waals surface area (Å²) in [5.74, 6) is -0.235. The summed E-state index contributed by atoms with van der Waals surface area (Å²) in [6.45, 7) is -0.202. The molecule has 0 saturated heterocycles. The van der Waals surface area contributed by atoms with Gasteiger partial charge in [0, 0.05) is 37.9 Å². The molecule has 13 heteroatoms. The third-order valence-electron chi connectivity index (χ3n) is 5.92. The maximum atomic E-state index is 12.7. The van der Waals surface area contributed by atoms with Gasteiger partial charge in [-0.25, -0.2) is 10.4 Å². The molecule has 5 rings (SSSR count). The van der Waals surface area contributed by atoms with E-state index in [9.17, 15) is 9.59 Å². The Balaban J connectivity index is 1.13. The monoisotopic (exact) mass is 771 g/mol. The average molecular weight is 774 g/mol. The van der Waals surface area contributed by atoms with Gasteiger partial charge in [0.25, 0.3) is 11.8 Å². The van der Waals surface area contributed by atoms with E-state index in [0.717, 1.165) is 22.1 Å². The number of carbonyl (C=O) groups is 2. The van der Waals surface area contributed by atoms with Crippen molar-refractivity contribution in [1.29, 1.82) is 0 Å². The number of aromatic nitrogens is 1. The number of hydrogen-bond donors (Lipinski definition) is 3. The molecule has 0 atom stereocenters. The highest BCUT2D eigenvalue weighted by molar-refractivity contribution is 9.11. The van der Waals surface area contributed by atoms with Crippen LogP contribution in [0.15, 0.2) is 104 Å². The fraction of sp³-hybridized carbons (Fsp3) is 0.0323. The smallest absolute Gasteiger partial charge is 0.271 e. The quantitative estimate of drug-likeness (QED) is 0.0971. The van der Waals surface area contributed by atoms with Crippen LogP contribution in [0, 0.1) is 0 Å². The van der Waals surface area contributed by atoms with Crippen LogP contribution in [-0.4, -0.2) is 29.6 Å². The number of ether oxygens (including phenoxy) is 1. The molecule has 222 valence electrons. The van der Waals surface area contributed by atoms with Crippen LogP contribution in [-0.2, 0) is 4.79 Å². The second-order valence-corrected chi connectivity index (χ2v) is 12.5. The Morgan fingerprint density at radius 2 is 1.50 bits per heavy atom. The summed E-state index contributed by atoms with van der Waals surface area (Å²) < 4.78 is 6.90. The number of nitrogens with zero attached hydrogens (tertiary/aromatic N) is 2. The minimum Gasteiger partial charge on any atom is -0.481 e. The lowest BCUT2D eigenvalue weighted by Crippen LogP contribution is -2.20. The third kappa shape index (κ3) is 8.67. The van der Waals surface area contributed by atoms with Gasteiger partial charge >= 0.3 is 0 Å². The van der Waals surface area contributed by atoms with E-state index in [2.05, 4.69) is 58.0 Å². The topological polar surface area (TPSA) is 105 Å². The van der Waals surface area contributed by atoms with Gasteiger partial charge in [-0.1, -0.05) is 35.3 Å². The zero-order valence-corrected chi connectivity index (χ0v) is 28.0. The number of amides is 2. The Hall–Kier alpha value is -3.74. The first-order chi connectivity index (χ1) is 21.2. The van der Waals surface area contributed by atoms with Crippen LogP contribution < -0.4 is 20.8 Å². The first-order valence-corrected chi connectivity index (χ1v) is 16.0. The number of carbonyl (C=O) groups excluding carboxylic acids is 2. The van der Waals surface area contributed by atoms with Gasteiger partial charge in [-0.05, 0) is 110 Å². The van der Waals surface area contributed by atoms with Crippen LogP contribution in [0.1, 0.15) is 15.9 Å². The van der Waals surface area contributed by atoms with Crippen LogP contribution in [0.4, 0.5) is 16.5 Å². The molecule has 8 nitrogen and oxygen atoms in total. The van der Waals surface area contributed by atoms with Gasteiger partial charge in [0.05, 0.1) is 20.9 Å². The molecular weight excluding hydrogens is 753 g/mol. The largest absolute Gasteiger partial charge is 0.481 e. The van der Waals surface area contributed by atoms with E-state index in [1.165, 1.54) is 17.6 Å². The van der Waals surface area contributed by atoms with Gasteiger partial charge in [0.15, 0.2) is 11.7 Å². The number of rotatable bonds is 10. The van der Waals surface area contributed by atoms with E-state index in [-0.39, 0.29) is 18.4 Å². The Bertz CT molecular complexity index is 1790. The molecule has 0 radical (unpaired) electrons. The fourth-order valence-electron chi connectivity index (χ4n) is 3.80. The van der Waals surface area contributed by atoms with Gasteiger partial charge in [0.2, 0.25) is 0 Å². The van der Waals surface area contributed by atoms with Crippen molar-refractivity contribution in [3.63, 3.8) is 0 Å². The van der Waals surface area contributed by atoms with Crippen molar-refractivity contribution >= 4 is 101 Å². The molecule has 0 spiro atoms. The highest BCUT2D eigenvalue weighted by Gasteiger charge is 2.12. The summed E-state index contributed by atoms with van der Waals surface area (Å²) >= 11 is 20.2. The summed E-state index contributed by atoms with van der Waals surface area (Å²) in [7, 11) is 0. The van der Waals surface area contributed by atoms with Gasteiger partial charge in [0.1, 0.15) is 5.75 Å². The Labute approximate surface area is 283 Å².